The first-order valence-electron chi connectivity index (χ1n) is 11.1. The minimum atomic E-state index is -0.726. The summed E-state index contributed by atoms with van der Waals surface area (Å²) in [6.07, 6.45) is 9.81. The van der Waals surface area contributed by atoms with Crippen molar-refractivity contribution in [1.82, 2.24) is 4.57 Å². The lowest BCUT2D eigenvalue weighted by atomic mass is 9.49. The van der Waals surface area contributed by atoms with Crippen LogP contribution in [0.25, 0.3) is 10.8 Å². The van der Waals surface area contributed by atoms with Crippen LogP contribution in [-0.2, 0) is 9.59 Å². The van der Waals surface area contributed by atoms with E-state index in [2.05, 4.69) is 5.32 Å². The zero-order valence-corrected chi connectivity index (χ0v) is 17.4. The van der Waals surface area contributed by atoms with E-state index in [1.807, 2.05) is 6.07 Å². The number of anilines is 1. The molecule has 4 bridgehead atoms. The standard InChI is InChI=1S/C24H29N3O3/c1-14(22(25)29)27-6-5-18-19(23(27)30)3-2-4-20(18)26-21(28)13-24-10-15-7-16(11-24)9-17(8-15)12-24/h2-6,14-17H,7-13H2,1H3,(H2,25,29)(H,26,28)/t14-,15?,16?,17?,24?/m0/s1. The van der Waals surface area contributed by atoms with Gasteiger partial charge in [-0.3, -0.25) is 14.4 Å². The zero-order valence-electron chi connectivity index (χ0n) is 17.4. The first-order valence-corrected chi connectivity index (χ1v) is 11.1. The van der Waals surface area contributed by atoms with Gasteiger partial charge in [-0.05, 0) is 86.8 Å². The lowest BCUT2D eigenvalue weighted by Crippen LogP contribution is -2.47. The van der Waals surface area contributed by atoms with Crippen LogP contribution in [0, 0.1) is 23.2 Å². The highest BCUT2D eigenvalue weighted by Crippen LogP contribution is 2.61. The third-order valence-corrected chi connectivity index (χ3v) is 7.78. The Balaban J connectivity index is 1.39. The van der Waals surface area contributed by atoms with Gasteiger partial charge in [0.2, 0.25) is 11.8 Å². The maximum atomic E-state index is 13.0. The van der Waals surface area contributed by atoms with Crippen LogP contribution in [0.15, 0.2) is 35.3 Å². The molecule has 6 heteroatoms. The maximum absolute atomic E-state index is 13.0. The van der Waals surface area contributed by atoms with E-state index in [-0.39, 0.29) is 16.9 Å². The molecule has 1 aromatic carbocycles. The molecule has 1 heterocycles. The number of nitrogens with one attached hydrogen (secondary N) is 1. The predicted molar refractivity (Wildman–Crippen MR) is 116 cm³/mol. The van der Waals surface area contributed by atoms with Crippen molar-refractivity contribution in [2.24, 2.45) is 28.9 Å². The summed E-state index contributed by atoms with van der Waals surface area (Å²) >= 11 is 0. The molecule has 4 fully saturated rings. The van der Waals surface area contributed by atoms with Crippen molar-refractivity contribution in [3.63, 3.8) is 0 Å². The van der Waals surface area contributed by atoms with E-state index < -0.39 is 11.9 Å². The van der Waals surface area contributed by atoms with Crippen LogP contribution in [0.3, 0.4) is 0 Å². The number of hydrogen-bond acceptors (Lipinski definition) is 3. The van der Waals surface area contributed by atoms with Gasteiger partial charge in [0.1, 0.15) is 6.04 Å². The number of benzene rings is 1. The van der Waals surface area contributed by atoms with Gasteiger partial charge in [-0.2, -0.15) is 0 Å². The van der Waals surface area contributed by atoms with Crippen molar-refractivity contribution in [3.05, 3.63) is 40.8 Å². The molecule has 2 aromatic rings. The SMILES string of the molecule is C[C@@H](C(N)=O)n1ccc2c(NC(=O)CC34CC5CC(CC(C5)C3)C4)cccc2c1=O. The number of pyridine rings is 1. The van der Waals surface area contributed by atoms with Crippen LogP contribution in [0.1, 0.15) is 57.9 Å². The first kappa shape index (κ1) is 19.3. The highest BCUT2D eigenvalue weighted by molar-refractivity contribution is 6.02. The number of carbonyl (C=O) groups excluding carboxylic acids is 2. The number of rotatable bonds is 5. The van der Waals surface area contributed by atoms with E-state index in [0.717, 1.165) is 17.8 Å². The second-order valence-corrected chi connectivity index (χ2v) is 10.0. The lowest BCUT2D eigenvalue weighted by molar-refractivity contribution is -0.124. The number of nitrogens with zero attached hydrogens (tertiary/aromatic N) is 1. The largest absolute Gasteiger partial charge is 0.368 e. The number of hydrogen-bond donors (Lipinski definition) is 2. The summed E-state index contributed by atoms with van der Waals surface area (Å²) in [5.74, 6) is 1.92. The molecule has 4 aliphatic carbocycles. The molecule has 0 spiro atoms. The Kier molecular flexibility index (Phi) is 4.49. The number of aromatic nitrogens is 1. The molecule has 1 aromatic heterocycles. The molecule has 6 nitrogen and oxygen atoms in total. The Bertz CT molecular complexity index is 1050. The van der Waals surface area contributed by atoms with Crippen molar-refractivity contribution in [2.75, 3.05) is 5.32 Å². The zero-order chi connectivity index (χ0) is 21.0. The van der Waals surface area contributed by atoms with E-state index in [9.17, 15) is 14.4 Å². The Morgan fingerprint density at radius 3 is 2.33 bits per heavy atom. The molecule has 158 valence electrons. The fourth-order valence-electron chi connectivity index (χ4n) is 6.89. The van der Waals surface area contributed by atoms with Gasteiger partial charge in [-0.25, -0.2) is 0 Å². The van der Waals surface area contributed by atoms with Crippen LogP contribution in [-0.4, -0.2) is 16.4 Å². The van der Waals surface area contributed by atoms with E-state index in [1.54, 1.807) is 31.3 Å². The van der Waals surface area contributed by atoms with Gasteiger partial charge >= 0.3 is 0 Å². The molecule has 3 N–H and O–H groups in total. The van der Waals surface area contributed by atoms with Crippen molar-refractivity contribution >= 4 is 28.3 Å². The molecule has 6 rings (SSSR count). The Morgan fingerprint density at radius 2 is 1.73 bits per heavy atom. The van der Waals surface area contributed by atoms with E-state index in [1.165, 1.54) is 43.1 Å². The number of primary amides is 1. The molecular formula is C24H29N3O3. The second-order valence-electron chi connectivity index (χ2n) is 10.0. The summed E-state index contributed by atoms with van der Waals surface area (Å²) in [6, 6.07) is 6.37. The quantitative estimate of drug-likeness (QED) is 0.793. The Hall–Kier alpha value is -2.63. The fourth-order valence-corrected chi connectivity index (χ4v) is 6.89. The van der Waals surface area contributed by atoms with Crippen LogP contribution in [0.2, 0.25) is 0 Å². The van der Waals surface area contributed by atoms with Crippen LogP contribution < -0.4 is 16.6 Å². The van der Waals surface area contributed by atoms with E-state index in [4.69, 9.17) is 5.73 Å². The van der Waals surface area contributed by atoms with Crippen molar-refractivity contribution in [1.29, 1.82) is 0 Å². The van der Waals surface area contributed by atoms with E-state index in [0.29, 0.717) is 22.9 Å². The molecule has 30 heavy (non-hydrogen) atoms. The summed E-state index contributed by atoms with van der Waals surface area (Å²) in [5.41, 5.74) is 5.91. The third kappa shape index (κ3) is 3.22. The molecule has 2 amide bonds. The molecular weight excluding hydrogens is 378 g/mol. The summed E-state index contributed by atoms with van der Waals surface area (Å²) < 4.78 is 1.34. The minimum absolute atomic E-state index is 0.0409. The smallest absolute Gasteiger partial charge is 0.259 e. The summed E-state index contributed by atoms with van der Waals surface area (Å²) in [4.78, 5) is 37.4. The molecule has 4 aliphatic rings. The maximum Gasteiger partial charge on any atom is 0.259 e. The highest BCUT2D eigenvalue weighted by atomic mass is 16.2. The van der Waals surface area contributed by atoms with Gasteiger partial charge in [-0.1, -0.05) is 6.07 Å². The lowest BCUT2D eigenvalue weighted by Gasteiger charge is -2.56. The molecule has 0 unspecified atom stereocenters. The Labute approximate surface area is 175 Å². The number of amides is 2. The van der Waals surface area contributed by atoms with Gasteiger partial charge < -0.3 is 15.6 Å². The predicted octanol–water partition coefficient (Wildman–Crippen LogP) is 3.59. The van der Waals surface area contributed by atoms with Gasteiger partial charge in [0.15, 0.2) is 0 Å². The van der Waals surface area contributed by atoms with E-state index >= 15 is 0 Å². The second kappa shape index (κ2) is 6.96. The fraction of sp³-hybridized carbons (Fsp3) is 0.542. The van der Waals surface area contributed by atoms with Crippen LogP contribution in [0.5, 0.6) is 0 Å². The topological polar surface area (TPSA) is 94.2 Å². The average Bonchev–Trinajstić information content (AvgIpc) is 2.66. The molecule has 0 aliphatic heterocycles. The molecule has 4 saturated carbocycles. The summed E-state index contributed by atoms with van der Waals surface area (Å²) in [7, 11) is 0. The van der Waals surface area contributed by atoms with Crippen LogP contribution >= 0.6 is 0 Å². The van der Waals surface area contributed by atoms with Gasteiger partial charge in [0, 0.05) is 29.1 Å². The van der Waals surface area contributed by atoms with Crippen LogP contribution in [0.4, 0.5) is 5.69 Å². The number of nitrogens with two attached hydrogens (primary N) is 1. The molecule has 1 atom stereocenters. The summed E-state index contributed by atoms with van der Waals surface area (Å²) in [6.45, 7) is 1.60. The average molecular weight is 408 g/mol. The summed E-state index contributed by atoms with van der Waals surface area (Å²) in [5, 5.41) is 4.24. The highest BCUT2D eigenvalue weighted by Gasteiger charge is 2.51. The van der Waals surface area contributed by atoms with Gasteiger partial charge in [0.05, 0.1) is 0 Å². The van der Waals surface area contributed by atoms with Gasteiger partial charge in [-0.15, -0.1) is 0 Å². The monoisotopic (exact) mass is 407 g/mol. The first-order chi connectivity index (χ1) is 14.3. The molecule has 0 radical (unpaired) electrons. The minimum Gasteiger partial charge on any atom is -0.368 e. The Morgan fingerprint density at radius 1 is 1.10 bits per heavy atom. The number of fused-ring (bicyclic) bond motifs is 1. The van der Waals surface area contributed by atoms with Crippen molar-refractivity contribution in [2.45, 2.75) is 57.9 Å². The normalized spacial score (nSPS) is 30.4. The molecule has 0 saturated heterocycles. The van der Waals surface area contributed by atoms with Crippen molar-refractivity contribution in [3.8, 4) is 0 Å². The van der Waals surface area contributed by atoms with Gasteiger partial charge in [0.25, 0.3) is 5.56 Å². The third-order valence-electron chi connectivity index (χ3n) is 7.78. The van der Waals surface area contributed by atoms with Crippen molar-refractivity contribution < 1.29 is 9.59 Å². The number of carbonyl (C=O) groups is 2.